The minimum Gasteiger partial charge on any atom is -0.494 e. The number of carbonyl (C=O) groups is 2. The Morgan fingerprint density at radius 2 is 2.00 bits per heavy atom. The zero-order chi connectivity index (χ0) is 20.3. The molecule has 2 aromatic rings. The van der Waals surface area contributed by atoms with Gasteiger partial charge in [-0.05, 0) is 49.6 Å². The lowest BCUT2D eigenvalue weighted by molar-refractivity contribution is -0.0400. The third kappa shape index (κ3) is 3.92. The van der Waals surface area contributed by atoms with Crippen LogP contribution in [-0.2, 0) is 10.3 Å². The molecule has 2 amide bonds. The van der Waals surface area contributed by atoms with Crippen molar-refractivity contribution in [2.24, 2.45) is 0 Å². The van der Waals surface area contributed by atoms with Crippen molar-refractivity contribution in [3.8, 4) is 5.75 Å². The summed E-state index contributed by atoms with van der Waals surface area (Å²) in [7, 11) is 0. The molecule has 1 atom stereocenters. The zero-order valence-corrected chi connectivity index (χ0v) is 16.6. The topological polar surface area (TPSA) is 67.9 Å². The molecule has 6 nitrogen and oxygen atoms in total. The van der Waals surface area contributed by atoms with Crippen molar-refractivity contribution >= 4 is 17.7 Å². The number of likely N-dealkylation sites (tertiary alicyclic amines) is 1. The van der Waals surface area contributed by atoms with Crippen LogP contribution in [0.25, 0.3) is 0 Å². The quantitative estimate of drug-likeness (QED) is 0.596. The van der Waals surface area contributed by atoms with E-state index in [1.165, 1.54) is 0 Å². The van der Waals surface area contributed by atoms with E-state index in [0.717, 1.165) is 37.0 Å². The highest BCUT2D eigenvalue weighted by molar-refractivity contribution is 5.95. The summed E-state index contributed by atoms with van der Waals surface area (Å²) in [4.78, 5) is 26.8. The normalized spacial score (nSPS) is 20.3. The largest absolute Gasteiger partial charge is 0.494 e. The summed E-state index contributed by atoms with van der Waals surface area (Å²) in [5.41, 5.74) is 1.46. The van der Waals surface area contributed by atoms with E-state index in [4.69, 9.17) is 9.47 Å². The summed E-state index contributed by atoms with van der Waals surface area (Å²) < 4.78 is 11.4. The van der Waals surface area contributed by atoms with E-state index >= 15 is 0 Å². The first kappa shape index (κ1) is 19.3. The first-order valence-electron chi connectivity index (χ1n) is 10.2. The number of fused-ring (bicyclic) bond motifs is 2. The van der Waals surface area contributed by atoms with Crippen LogP contribution >= 0.6 is 0 Å². The van der Waals surface area contributed by atoms with Gasteiger partial charge in [-0.2, -0.15) is 0 Å². The molecule has 2 aliphatic heterocycles. The molecule has 1 unspecified atom stereocenters. The van der Waals surface area contributed by atoms with E-state index in [2.05, 4.69) is 12.2 Å². The highest BCUT2D eigenvalue weighted by Crippen LogP contribution is 2.42. The molecule has 0 bridgehead atoms. The second-order valence-electron chi connectivity index (χ2n) is 7.61. The maximum Gasteiger partial charge on any atom is 0.339 e. The maximum absolute atomic E-state index is 12.8. The Morgan fingerprint density at radius 3 is 2.79 bits per heavy atom. The summed E-state index contributed by atoms with van der Waals surface area (Å²) in [6, 6.07) is 14.7. The Morgan fingerprint density at radius 1 is 1.21 bits per heavy atom. The number of carbonyl (C=O) groups excluding carboxylic acids is 2. The molecule has 6 heteroatoms. The summed E-state index contributed by atoms with van der Waals surface area (Å²) in [6.07, 6.45) is 3.61. The van der Waals surface area contributed by atoms with E-state index in [1.54, 1.807) is 11.0 Å². The van der Waals surface area contributed by atoms with Crippen LogP contribution in [0.5, 0.6) is 5.75 Å². The third-order valence-electron chi connectivity index (χ3n) is 5.54. The number of nitrogens with zero attached hydrogens (tertiary/aromatic N) is 1. The van der Waals surface area contributed by atoms with Crippen LogP contribution in [0.3, 0.4) is 0 Å². The van der Waals surface area contributed by atoms with Gasteiger partial charge in [0.1, 0.15) is 5.75 Å². The van der Waals surface area contributed by atoms with E-state index in [-0.39, 0.29) is 12.0 Å². The Balaban J connectivity index is 1.42. The Hall–Kier alpha value is -3.02. The van der Waals surface area contributed by atoms with Crippen molar-refractivity contribution in [3.05, 3.63) is 59.7 Å². The molecule has 29 heavy (non-hydrogen) atoms. The molecule has 0 aromatic heterocycles. The molecule has 0 radical (unpaired) electrons. The molecule has 1 spiro atoms. The van der Waals surface area contributed by atoms with Crippen LogP contribution in [0.2, 0.25) is 0 Å². The van der Waals surface area contributed by atoms with Crippen LogP contribution in [-0.4, -0.2) is 36.6 Å². The van der Waals surface area contributed by atoms with Gasteiger partial charge in [-0.1, -0.05) is 31.5 Å². The lowest BCUT2D eigenvalue weighted by atomic mass is 9.85. The number of piperidine rings is 1. The number of esters is 1. The van der Waals surface area contributed by atoms with E-state index in [0.29, 0.717) is 30.9 Å². The van der Waals surface area contributed by atoms with E-state index in [9.17, 15) is 9.59 Å². The SMILES string of the molecule is CCCCOc1ccc(NC(=O)N2CCCC3(C2)OC(=O)c2ccccc23)cc1. The predicted octanol–water partition coefficient (Wildman–Crippen LogP) is 4.56. The number of rotatable bonds is 5. The third-order valence-corrected chi connectivity index (χ3v) is 5.54. The van der Waals surface area contributed by atoms with Gasteiger partial charge in [-0.3, -0.25) is 0 Å². The molecule has 1 N–H and O–H groups in total. The van der Waals surface area contributed by atoms with Crippen molar-refractivity contribution < 1.29 is 19.1 Å². The summed E-state index contributed by atoms with van der Waals surface area (Å²) in [5, 5.41) is 2.94. The number of hydrogen-bond donors (Lipinski definition) is 1. The predicted molar refractivity (Wildman–Crippen MR) is 110 cm³/mol. The van der Waals surface area contributed by atoms with Gasteiger partial charge in [0.2, 0.25) is 0 Å². The number of unbranched alkanes of at least 4 members (excludes halogenated alkanes) is 1. The maximum atomic E-state index is 12.8. The summed E-state index contributed by atoms with van der Waals surface area (Å²) >= 11 is 0. The van der Waals surface area contributed by atoms with Crippen LogP contribution in [0.1, 0.15) is 48.5 Å². The number of urea groups is 1. The molecular formula is C23H26N2O4. The minimum atomic E-state index is -0.736. The molecule has 0 aliphatic carbocycles. The van der Waals surface area contributed by atoms with Crippen LogP contribution < -0.4 is 10.1 Å². The van der Waals surface area contributed by atoms with Crippen LogP contribution in [0.15, 0.2) is 48.5 Å². The van der Waals surface area contributed by atoms with Gasteiger partial charge < -0.3 is 19.7 Å². The van der Waals surface area contributed by atoms with Gasteiger partial charge in [-0.25, -0.2) is 9.59 Å². The van der Waals surface area contributed by atoms with E-state index in [1.807, 2.05) is 42.5 Å². The smallest absolute Gasteiger partial charge is 0.339 e. The van der Waals surface area contributed by atoms with Crippen molar-refractivity contribution in [1.82, 2.24) is 4.90 Å². The molecule has 1 fully saturated rings. The highest BCUT2D eigenvalue weighted by atomic mass is 16.6. The molecular weight excluding hydrogens is 368 g/mol. The highest BCUT2D eigenvalue weighted by Gasteiger charge is 2.48. The van der Waals surface area contributed by atoms with E-state index < -0.39 is 5.60 Å². The van der Waals surface area contributed by atoms with Crippen molar-refractivity contribution in [1.29, 1.82) is 0 Å². The molecule has 0 saturated carbocycles. The van der Waals surface area contributed by atoms with Gasteiger partial charge in [0, 0.05) is 17.8 Å². The van der Waals surface area contributed by atoms with Gasteiger partial charge in [-0.15, -0.1) is 0 Å². The number of anilines is 1. The molecule has 4 rings (SSSR count). The van der Waals surface area contributed by atoms with Gasteiger partial charge in [0.15, 0.2) is 5.60 Å². The van der Waals surface area contributed by atoms with Gasteiger partial charge in [0.05, 0.1) is 18.7 Å². The van der Waals surface area contributed by atoms with Crippen molar-refractivity contribution in [2.45, 2.75) is 38.2 Å². The molecule has 2 heterocycles. The Bertz CT molecular complexity index is 896. The van der Waals surface area contributed by atoms with Gasteiger partial charge in [0.25, 0.3) is 0 Å². The molecule has 2 aliphatic rings. The number of nitrogens with one attached hydrogen (secondary N) is 1. The van der Waals surface area contributed by atoms with Crippen LogP contribution in [0.4, 0.5) is 10.5 Å². The molecule has 1 saturated heterocycles. The Labute approximate surface area is 170 Å². The van der Waals surface area contributed by atoms with Gasteiger partial charge >= 0.3 is 12.0 Å². The fraction of sp³-hybridized carbons (Fsp3) is 0.391. The van der Waals surface area contributed by atoms with Crippen LogP contribution in [0, 0.1) is 0 Å². The zero-order valence-electron chi connectivity index (χ0n) is 16.6. The lowest BCUT2D eigenvalue weighted by Gasteiger charge is -2.39. The lowest BCUT2D eigenvalue weighted by Crippen LogP contribution is -2.50. The van der Waals surface area contributed by atoms with Crippen molar-refractivity contribution in [3.63, 3.8) is 0 Å². The average molecular weight is 394 g/mol. The number of hydrogen-bond acceptors (Lipinski definition) is 4. The second kappa shape index (κ2) is 8.15. The summed E-state index contributed by atoms with van der Waals surface area (Å²) in [6.45, 7) is 3.81. The second-order valence-corrected chi connectivity index (χ2v) is 7.61. The first-order chi connectivity index (χ1) is 14.1. The fourth-order valence-corrected chi connectivity index (χ4v) is 4.02. The number of ether oxygens (including phenoxy) is 2. The fourth-order valence-electron chi connectivity index (χ4n) is 4.02. The number of benzene rings is 2. The molecule has 152 valence electrons. The van der Waals surface area contributed by atoms with Crippen molar-refractivity contribution in [2.75, 3.05) is 25.0 Å². The first-order valence-corrected chi connectivity index (χ1v) is 10.2. The Kier molecular flexibility index (Phi) is 5.43. The monoisotopic (exact) mass is 394 g/mol. The minimum absolute atomic E-state index is 0.191. The number of amides is 2. The standard InChI is InChI=1S/C23H26N2O4/c1-2-3-15-28-18-11-9-17(10-12-18)24-22(27)25-14-6-13-23(16-25)20-8-5-4-7-19(20)21(26)29-23/h4-5,7-12H,2-3,6,13-16H2,1H3,(H,24,27). The summed E-state index contributed by atoms with van der Waals surface area (Å²) in [5.74, 6) is 0.490. The molecule has 2 aromatic carbocycles. The average Bonchev–Trinajstić information content (AvgIpc) is 3.01.